The molecule has 0 saturated heterocycles. The smallest absolute Gasteiger partial charge is 0.0706 e. The van der Waals surface area contributed by atoms with Gasteiger partial charge >= 0.3 is 0 Å². The van der Waals surface area contributed by atoms with Gasteiger partial charge in [-0.1, -0.05) is 18.2 Å². The summed E-state index contributed by atoms with van der Waals surface area (Å²) in [6, 6.07) is 12.2. The summed E-state index contributed by atoms with van der Waals surface area (Å²) in [6.07, 6.45) is 1.87. The first kappa shape index (κ1) is 13.4. The average Bonchev–Trinajstić information content (AvgIpc) is 2.41. The van der Waals surface area contributed by atoms with E-state index in [1.165, 1.54) is 5.56 Å². The number of aryl methyl sites for hydroxylation is 1. The molecule has 3 nitrogen and oxygen atoms in total. The summed E-state index contributed by atoms with van der Waals surface area (Å²) in [7, 11) is 1.78. The van der Waals surface area contributed by atoms with Crippen molar-refractivity contribution in [2.75, 3.05) is 7.05 Å². The van der Waals surface area contributed by atoms with Crippen molar-refractivity contribution >= 4 is 6.21 Å². The van der Waals surface area contributed by atoms with Crippen molar-refractivity contribution in [2.24, 2.45) is 10.7 Å². The van der Waals surface area contributed by atoms with Gasteiger partial charge < -0.3 is 5.73 Å². The van der Waals surface area contributed by atoms with E-state index in [2.05, 4.69) is 35.1 Å². The molecule has 0 amide bonds. The van der Waals surface area contributed by atoms with Gasteiger partial charge in [0, 0.05) is 24.9 Å². The molecule has 0 spiro atoms. The number of benzene rings is 1. The number of nitrogens with zero attached hydrogens (tertiary/aromatic N) is 2. The third-order valence-corrected chi connectivity index (χ3v) is 3.07. The van der Waals surface area contributed by atoms with Crippen molar-refractivity contribution in [3.63, 3.8) is 0 Å². The second-order valence-electron chi connectivity index (χ2n) is 4.70. The number of hydrogen-bond acceptors (Lipinski definition) is 3. The number of rotatable bonds is 3. The van der Waals surface area contributed by atoms with E-state index < -0.39 is 0 Å². The molecule has 1 unspecified atom stereocenters. The van der Waals surface area contributed by atoms with Crippen LogP contribution < -0.4 is 5.73 Å². The number of pyridine rings is 1. The number of nitrogens with two attached hydrogens (primary N) is 1. The lowest BCUT2D eigenvalue weighted by molar-refractivity contribution is 0.782. The van der Waals surface area contributed by atoms with E-state index in [1.807, 2.05) is 31.3 Å². The van der Waals surface area contributed by atoms with Crippen LogP contribution in [0.15, 0.2) is 41.4 Å². The van der Waals surface area contributed by atoms with Crippen LogP contribution in [0.25, 0.3) is 11.3 Å². The Kier molecular flexibility index (Phi) is 4.07. The summed E-state index contributed by atoms with van der Waals surface area (Å²) in [5, 5.41) is 0. The van der Waals surface area contributed by atoms with Crippen molar-refractivity contribution in [1.29, 1.82) is 0 Å². The van der Waals surface area contributed by atoms with Gasteiger partial charge in [0.2, 0.25) is 0 Å². The standard InChI is InChI=1S/C16H19N3/c1-11-9-13(7-8-14(11)10-18-3)16-6-4-5-15(19-16)12(2)17/h4-10,12H,17H2,1-3H3. The van der Waals surface area contributed by atoms with Crippen molar-refractivity contribution in [3.05, 3.63) is 53.2 Å². The van der Waals surface area contributed by atoms with Crippen molar-refractivity contribution in [3.8, 4) is 11.3 Å². The van der Waals surface area contributed by atoms with E-state index in [9.17, 15) is 0 Å². The summed E-state index contributed by atoms with van der Waals surface area (Å²) in [4.78, 5) is 8.65. The van der Waals surface area contributed by atoms with E-state index in [0.29, 0.717) is 0 Å². The van der Waals surface area contributed by atoms with E-state index in [-0.39, 0.29) is 6.04 Å². The topological polar surface area (TPSA) is 51.3 Å². The maximum absolute atomic E-state index is 5.87. The normalized spacial score (nSPS) is 12.8. The zero-order chi connectivity index (χ0) is 13.8. The zero-order valence-corrected chi connectivity index (χ0v) is 11.6. The Morgan fingerprint density at radius 1 is 1.26 bits per heavy atom. The molecule has 0 radical (unpaired) electrons. The molecule has 0 aliphatic rings. The molecular formula is C16H19N3. The highest BCUT2D eigenvalue weighted by atomic mass is 14.8. The van der Waals surface area contributed by atoms with Crippen molar-refractivity contribution in [1.82, 2.24) is 4.98 Å². The SMILES string of the molecule is CN=Cc1ccc(-c2cccc(C(C)N)n2)cc1C. The summed E-state index contributed by atoms with van der Waals surface area (Å²) in [5.41, 5.74) is 11.2. The van der Waals surface area contributed by atoms with Gasteiger partial charge in [-0.15, -0.1) is 0 Å². The number of aliphatic imine (C=N–C) groups is 1. The van der Waals surface area contributed by atoms with Crippen molar-refractivity contribution in [2.45, 2.75) is 19.9 Å². The Morgan fingerprint density at radius 3 is 2.68 bits per heavy atom. The highest BCUT2D eigenvalue weighted by Crippen LogP contribution is 2.21. The molecule has 0 aliphatic heterocycles. The Hall–Kier alpha value is -2.00. The van der Waals surface area contributed by atoms with Gasteiger partial charge in [0.25, 0.3) is 0 Å². The van der Waals surface area contributed by atoms with Crippen molar-refractivity contribution < 1.29 is 0 Å². The van der Waals surface area contributed by atoms with Crippen LogP contribution in [0.1, 0.15) is 29.8 Å². The lowest BCUT2D eigenvalue weighted by Gasteiger charge is -2.09. The Labute approximate surface area is 114 Å². The highest BCUT2D eigenvalue weighted by Gasteiger charge is 2.05. The molecule has 2 N–H and O–H groups in total. The van der Waals surface area contributed by atoms with Crippen LogP contribution >= 0.6 is 0 Å². The van der Waals surface area contributed by atoms with Crippen LogP contribution in [0, 0.1) is 6.92 Å². The average molecular weight is 253 g/mol. The Morgan fingerprint density at radius 2 is 2.05 bits per heavy atom. The molecule has 2 rings (SSSR count). The molecule has 1 aromatic carbocycles. The van der Waals surface area contributed by atoms with Gasteiger partial charge in [-0.3, -0.25) is 9.98 Å². The van der Waals surface area contributed by atoms with Crippen LogP contribution in [-0.2, 0) is 0 Å². The van der Waals surface area contributed by atoms with Gasteiger partial charge in [0.05, 0.1) is 11.4 Å². The van der Waals surface area contributed by atoms with Crippen LogP contribution in [0.2, 0.25) is 0 Å². The molecule has 3 heteroatoms. The number of hydrogen-bond donors (Lipinski definition) is 1. The maximum atomic E-state index is 5.87. The fourth-order valence-corrected chi connectivity index (χ4v) is 1.98. The third-order valence-electron chi connectivity index (χ3n) is 3.07. The van der Waals surface area contributed by atoms with E-state index in [1.54, 1.807) is 7.05 Å². The largest absolute Gasteiger partial charge is 0.323 e. The van der Waals surface area contributed by atoms with Gasteiger partial charge in [-0.05, 0) is 43.2 Å². The highest BCUT2D eigenvalue weighted by molar-refractivity contribution is 5.83. The van der Waals surface area contributed by atoms with Gasteiger partial charge in [0.15, 0.2) is 0 Å². The fraction of sp³-hybridized carbons (Fsp3) is 0.250. The third kappa shape index (κ3) is 3.06. The second-order valence-corrected chi connectivity index (χ2v) is 4.70. The number of aromatic nitrogens is 1. The van der Waals surface area contributed by atoms with Gasteiger partial charge in [0.1, 0.15) is 0 Å². The minimum atomic E-state index is -0.0486. The quantitative estimate of drug-likeness (QED) is 0.854. The maximum Gasteiger partial charge on any atom is 0.0706 e. The predicted octanol–water partition coefficient (Wildman–Crippen LogP) is 3.13. The predicted molar refractivity (Wildman–Crippen MR) is 80.5 cm³/mol. The monoisotopic (exact) mass is 253 g/mol. The molecule has 1 atom stereocenters. The molecule has 2 aromatic rings. The summed E-state index contributed by atoms with van der Waals surface area (Å²) < 4.78 is 0. The molecule has 1 heterocycles. The van der Waals surface area contributed by atoms with E-state index >= 15 is 0 Å². The molecule has 19 heavy (non-hydrogen) atoms. The summed E-state index contributed by atoms with van der Waals surface area (Å²) in [5.74, 6) is 0. The van der Waals surface area contributed by atoms with Crippen LogP contribution in [0.5, 0.6) is 0 Å². The Balaban J connectivity index is 2.42. The zero-order valence-electron chi connectivity index (χ0n) is 11.6. The fourth-order valence-electron chi connectivity index (χ4n) is 1.98. The molecule has 1 aromatic heterocycles. The molecule has 0 bridgehead atoms. The summed E-state index contributed by atoms with van der Waals surface area (Å²) in [6.45, 7) is 4.02. The minimum absolute atomic E-state index is 0.0486. The van der Waals surface area contributed by atoms with Crippen LogP contribution in [0.3, 0.4) is 0 Å². The molecule has 98 valence electrons. The van der Waals surface area contributed by atoms with Gasteiger partial charge in [-0.25, -0.2) is 0 Å². The first-order valence-electron chi connectivity index (χ1n) is 6.37. The molecular weight excluding hydrogens is 234 g/mol. The molecule has 0 fully saturated rings. The first-order valence-corrected chi connectivity index (χ1v) is 6.37. The van der Waals surface area contributed by atoms with E-state index in [4.69, 9.17) is 5.73 Å². The molecule has 0 aliphatic carbocycles. The molecule has 0 saturated carbocycles. The first-order chi connectivity index (χ1) is 9.11. The van der Waals surface area contributed by atoms with Crippen LogP contribution in [0.4, 0.5) is 0 Å². The second kappa shape index (κ2) is 5.76. The Bertz CT molecular complexity index is 601. The van der Waals surface area contributed by atoms with Gasteiger partial charge in [-0.2, -0.15) is 0 Å². The van der Waals surface area contributed by atoms with E-state index in [0.717, 1.165) is 22.5 Å². The minimum Gasteiger partial charge on any atom is -0.323 e. The summed E-state index contributed by atoms with van der Waals surface area (Å²) >= 11 is 0. The lowest BCUT2D eigenvalue weighted by atomic mass is 10.0. The van der Waals surface area contributed by atoms with Crippen LogP contribution in [-0.4, -0.2) is 18.2 Å². The lowest BCUT2D eigenvalue weighted by Crippen LogP contribution is -2.07.